The maximum Gasteiger partial charge on any atom is 0.221 e. The van der Waals surface area contributed by atoms with Gasteiger partial charge in [0.1, 0.15) is 5.82 Å². The van der Waals surface area contributed by atoms with Gasteiger partial charge in [-0.15, -0.1) is 0 Å². The van der Waals surface area contributed by atoms with Crippen LogP contribution in [-0.4, -0.2) is 34.5 Å². The van der Waals surface area contributed by atoms with Crippen LogP contribution in [0.1, 0.15) is 25.7 Å². The number of piperidine rings is 1. The van der Waals surface area contributed by atoms with Gasteiger partial charge in [0, 0.05) is 31.5 Å². The van der Waals surface area contributed by atoms with Crippen molar-refractivity contribution < 1.29 is 0 Å². The van der Waals surface area contributed by atoms with Crippen LogP contribution in [-0.2, 0) is 0 Å². The van der Waals surface area contributed by atoms with Gasteiger partial charge in [-0.2, -0.15) is 4.98 Å². The molecule has 0 unspecified atom stereocenters. The summed E-state index contributed by atoms with van der Waals surface area (Å²) >= 11 is 3.40. The maximum absolute atomic E-state index is 5.56. The maximum atomic E-state index is 5.56. The van der Waals surface area contributed by atoms with E-state index in [9.17, 15) is 0 Å². The summed E-state index contributed by atoms with van der Waals surface area (Å²) < 4.78 is 0.837. The van der Waals surface area contributed by atoms with Crippen LogP contribution in [0, 0.1) is 0 Å². The number of rotatable bonds is 5. The summed E-state index contributed by atoms with van der Waals surface area (Å²) in [6.45, 7) is 7.17. The monoisotopic (exact) mass is 325 g/mol. The molecule has 0 spiro atoms. The molecule has 0 radical (unpaired) electrons. The Morgan fingerprint density at radius 1 is 1.47 bits per heavy atom. The molecule has 2 rings (SSSR count). The quantitative estimate of drug-likeness (QED) is 0.814. The molecule has 1 fully saturated rings. The lowest BCUT2D eigenvalue weighted by Gasteiger charge is -2.30. The summed E-state index contributed by atoms with van der Waals surface area (Å²) in [6, 6.07) is 0. The number of hydrogen-bond donors (Lipinski definition) is 2. The first-order chi connectivity index (χ1) is 9.16. The van der Waals surface area contributed by atoms with Crippen LogP contribution in [0.2, 0.25) is 0 Å². The zero-order valence-corrected chi connectivity index (χ0v) is 12.6. The standard InChI is InChI=1S/C13H20BrN5/c1-10-5-2-3-7-19(10)8-4-6-16-12-11(14)9-17-13(15)18-12/h9H,1-8H2,(H3,15,16,17,18). The molecule has 0 aromatic carbocycles. The van der Waals surface area contributed by atoms with E-state index in [0.717, 1.165) is 42.8 Å². The van der Waals surface area contributed by atoms with Crippen molar-refractivity contribution >= 4 is 27.7 Å². The first kappa shape index (κ1) is 14.1. The minimum absolute atomic E-state index is 0.287. The molecule has 1 aromatic rings. The van der Waals surface area contributed by atoms with Gasteiger partial charge in [0.15, 0.2) is 0 Å². The number of halogens is 1. The lowest BCUT2D eigenvalue weighted by molar-refractivity contribution is 0.291. The van der Waals surface area contributed by atoms with E-state index in [1.54, 1.807) is 6.20 Å². The summed E-state index contributed by atoms with van der Waals surface area (Å²) in [4.78, 5) is 10.4. The molecular weight excluding hydrogens is 306 g/mol. The number of anilines is 2. The molecule has 6 heteroatoms. The van der Waals surface area contributed by atoms with Gasteiger partial charge in [-0.25, -0.2) is 4.98 Å². The largest absolute Gasteiger partial charge is 0.375 e. The van der Waals surface area contributed by atoms with Crippen molar-refractivity contribution in [3.8, 4) is 0 Å². The third-order valence-electron chi connectivity index (χ3n) is 3.25. The fourth-order valence-corrected chi connectivity index (χ4v) is 2.53. The fraction of sp³-hybridized carbons (Fsp3) is 0.538. The number of nitrogens with one attached hydrogen (secondary N) is 1. The number of nitrogen functional groups attached to an aromatic ring is 1. The highest BCUT2D eigenvalue weighted by Gasteiger charge is 2.12. The van der Waals surface area contributed by atoms with Crippen LogP contribution < -0.4 is 11.1 Å². The number of allylic oxidation sites excluding steroid dienone is 1. The van der Waals surface area contributed by atoms with Crippen molar-refractivity contribution in [2.45, 2.75) is 25.7 Å². The third-order valence-corrected chi connectivity index (χ3v) is 3.83. The molecule has 0 bridgehead atoms. The summed E-state index contributed by atoms with van der Waals surface area (Å²) in [6.07, 6.45) is 6.41. The van der Waals surface area contributed by atoms with E-state index in [1.807, 2.05) is 0 Å². The van der Waals surface area contributed by atoms with Gasteiger partial charge < -0.3 is 16.0 Å². The molecule has 1 aromatic heterocycles. The number of nitrogens with two attached hydrogens (primary N) is 1. The van der Waals surface area contributed by atoms with Crippen LogP contribution in [0.3, 0.4) is 0 Å². The predicted octanol–water partition coefficient (Wildman–Crippen LogP) is 2.62. The van der Waals surface area contributed by atoms with E-state index in [0.29, 0.717) is 0 Å². The Morgan fingerprint density at radius 3 is 3.11 bits per heavy atom. The molecule has 2 heterocycles. The molecule has 1 aliphatic rings. The third kappa shape index (κ3) is 4.09. The molecule has 3 N–H and O–H groups in total. The van der Waals surface area contributed by atoms with Crippen molar-refractivity contribution in [1.82, 2.24) is 14.9 Å². The van der Waals surface area contributed by atoms with Crippen LogP contribution in [0.5, 0.6) is 0 Å². The average Bonchev–Trinajstić information content (AvgIpc) is 2.40. The lowest BCUT2D eigenvalue weighted by Crippen LogP contribution is -2.29. The normalized spacial score (nSPS) is 15.6. The fourth-order valence-electron chi connectivity index (χ4n) is 2.20. The second kappa shape index (κ2) is 6.75. The molecule has 0 atom stereocenters. The number of nitrogens with zero attached hydrogens (tertiary/aromatic N) is 3. The number of aromatic nitrogens is 2. The van der Waals surface area contributed by atoms with Gasteiger partial charge in [0.25, 0.3) is 0 Å². The van der Waals surface area contributed by atoms with E-state index in [2.05, 4.69) is 42.7 Å². The second-order valence-corrected chi connectivity index (χ2v) is 5.57. The van der Waals surface area contributed by atoms with Gasteiger partial charge in [-0.05, 0) is 41.6 Å². The van der Waals surface area contributed by atoms with E-state index in [1.165, 1.54) is 18.5 Å². The Kier molecular flexibility index (Phi) is 5.01. The first-order valence-corrected chi connectivity index (χ1v) is 7.41. The Hall–Kier alpha value is -1.30. The molecule has 0 amide bonds. The highest BCUT2D eigenvalue weighted by molar-refractivity contribution is 9.10. The molecule has 1 aliphatic heterocycles. The lowest BCUT2D eigenvalue weighted by atomic mass is 10.1. The smallest absolute Gasteiger partial charge is 0.221 e. The molecule has 5 nitrogen and oxygen atoms in total. The number of hydrogen-bond acceptors (Lipinski definition) is 5. The number of likely N-dealkylation sites (tertiary alicyclic amines) is 1. The van der Waals surface area contributed by atoms with Gasteiger partial charge >= 0.3 is 0 Å². The highest BCUT2D eigenvalue weighted by Crippen LogP contribution is 2.20. The topological polar surface area (TPSA) is 67.1 Å². The molecule has 19 heavy (non-hydrogen) atoms. The molecule has 0 saturated carbocycles. The van der Waals surface area contributed by atoms with Gasteiger partial charge in [0.05, 0.1) is 4.47 Å². The molecule has 104 valence electrons. The van der Waals surface area contributed by atoms with Crippen molar-refractivity contribution in [3.05, 3.63) is 22.9 Å². The average molecular weight is 326 g/mol. The summed E-state index contributed by atoms with van der Waals surface area (Å²) in [7, 11) is 0. The van der Waals surface area contributed by atoms with E-state index in [4.69, 9.17) is 5.73 Å². The van der Waals surface area contributed by atoms with E-state index >= 15 is 0 Å². The molecule has 0 aliphatic carbocycles. The SMILES string of the molecule is C=C1CCCCN1CCCNc1nc(N)ncc1Br. The van der Waals surface area contributed by atoms with E-state index < -0.39 is 0 Å². The van der Waals surface area contributed by atoms with Crippen LogP contribution in [0.15, 0.2) is 22.9 Å². The minimum atomic E-state index is 0.287. The van der Waals surface area contributed by atoms with Crippen molar-refractivity contribution in [1.29, 1.82) is 0 Å². The van der Waals surface area contributed by atoms with Gasteiger partial charge in [0.2, 0.25) is 5.95 Å². The van der Waals surface area contributed by atoms with Crippen LogP contribution in [0.25, 0.3) is 0 Å². The highest BCUT2D eigenvalue weighted by atomic mass is 79.9. The molecular formula is C13H20BrN5. The van der Waals surface area contributed by atoms with E-state index in [-0.39, 0.29) is 5.95 Å². The summed E-state index contributed by atoms with van der Waals surface area (Å²) in [5, 5.41) is 3.27. The van der Waals surface area contributed by atoms with Crippen molar-refractivity contribution in [2.24, 2.45) is 0 Å². The van der Waals surface area contributed by atoms with Crippen LogP contribution >= 0.6 is 15.9 Å². The minimum Gasteiger partial charge on any atom is -0.375 e. The Labute approximate surface area is 122 Å². The summed E-state index contributed by atoms with van der Waals surface area (Å²) in [5.74, 6) is 1.04. The van der Waals surface area contributed by atoms with Gasteiger partial charge in [-0.1, -0.05) is 6.58 Å². The van der Waals surface area contributed by atoms with Crippen LogP contribution in [0.4, 0.5) is 11.8 Å². The Bertz CT molecular complexity index is 449. The molecule has 1 saturated heterocycles. The van der Waals surface area contributed by atoms with Crippen molar-refractivity contribution in [3.63, 3.8) is 0 Å². The van der Waals surface area contributed by atoms with Gasteiger partial charge in [-0.3, -0.25) is 0 Å². The summed E-state index contributed by atoms with van der Waals surface area (Å²) in [5.41, 5.74) is 6.84. The zero-order valence-electron chi connectivity index (χ0n) is 11.0. The predicted molar refractivity (Wildman–Crippen MR) is 81.8 cm³/mol. The second-order valence-electron chi connectivity index (χ2n) is 4.72. The zero-order chi connectivity index (χ0) is 13.7. The Morgan fingerprint density at radius 2 is 2.32 bits per heavy atom. The van der Waals surface area contributed by atoms with Crippen molar-refractivity contribution in [2.75, 3.05) is 30.7 Å². The Balaban J connectivity index is 1.74. The first-order valence-electron chi connectivity index (χ1n) is 6.61.